The van der Waals surface area contributed by atoms with E-state index < -0.39 is 0 Å². The summed E-state index contributed by atoms with van der Waals surface area (Å²) >= 11 is 0. The van der Waals surface area contributed by atoms with Gasteiger partial charge >= 0.3 is 0 Å². The molecule has 3 heteroatoms. The molecule has 16 heavy (non-hydrogen) atoms. The predicted molar refractivity (Wildman–Crippen MR) is 70.6 cm³/mol. The lowest BCUT2D eigenvalue weighted by Crippen LogP contribution is -2.45. The Hall–Kier alpha value is -0.120. The van der Waals surface area contributed by atoms with Crippen molar-refractivity contribution in [3.05, 3.63) is 0 Å². The van der Waals surface area contributed by atoms with Crippen molar-refractivity contribution in [2.45, 2.75) is 39.2 Å². The molecule has 0 aliphatic carbocycles. The largest absolute Gasteiger partial charge is 0.329 e. The van der Waals surface area contributed by atoms with E-state index in [0.29, 0.717) is 12.0 Å². The summed E-state index contributed by atoms with van der Waals surface area (Å²) in [5.74, 6) is 0.702. The first kappa shape index (κ1) is 13.9. The van der Waals surface area contributed by atoms with Crippen molar-refractivity contribution in [3.8, 4) is 0 Å². The van der Waals surface area contributed by atoms with Crippen LogP contribution in [-0.2, 0) is 0 Å². The molecule has 3 nitrogen and oxygen atoms in total. The molecular formula is C13H29N3. The van der Waals surface area contributed by atoms with Gasteiger partial charge in [0, 0.05) is 25.7 Å². The van der Waals surface area contributed by atoms with Crippen molar-refractivity contribution < 1.29 is 0 Å². The van der Waals surface area contributed by atoms with Gasteiger partial charge in [0.2, 0.25) is 0 Å². The molecule has 0 bridgehead atoms. The third-order valence-corrected chi connectivity index (χ3v) is 4.08. The van der Waals surface area contributed by atoms with Gasteiger partial charge in [0.25, 0.3) is 0 Å². The lowest BCUT2D eigenvalue weighted by molar-refractivity contribution is 0.164. The van der Waals surface area contributed by atoms with Gasteiger partial charge in [-0.2, -0.15) is 0 Å². The summed E-state index contributed by atoms with van der Waals surface area (Å²) in [7, 11) is 2.22. The van der Waals surface area contributed by atoms with Gasteiger partial charge in [-0.25, -0.2) is 0 Å². The van der Waals surface area contributed by atoms with Crippen molar-refractivity contribution in [1.82, 2.24) is 9.80 Å². The highest BCUT2D eigenvalue weighted by Gasteiger charge is 2.20. The molecule has 2 atom stereocenters. The second-order valence-electron chi connectivity index (χ2n) is 5.22. The molecule has 0 spiro atoms. The SMILES string of the molecule is CCC(C)C(CN)N(C)CCN1CCCC1. The van der Waals surface area contributed by atoms with Gasteiger partial charge in [-0.3, -0.25) is 0 Å². The molecule has 1 heterocycles. The first-order valence-electron chi connectivity index (χ1n) is 6.81. The summed E-state index contributed by atoms with van der Waals surface area (Å²) in [4.78, 5) is 5.02. The molecule has 1 aliphatic rings. The summed E-state index contributed by atoms with van der Waals surface area (Å²) in [6.07, 6.45) is 3.99. The van der Waals surface area contributed by atoms with Gasteiger partial charge in [0.1, 0.15) is 0 Å². The third kappa shape index (κ3) is 4.04. The zero-order valence-electron chi connectivity index (χ0n) is 11.3. The average Bonchev–Trinajstić information content (AvgIpc) is 2.79. The lowest BCUT2D eigenvalue weighted by Gasteiger charge is -2.32. The molecule has 0 radical (unpaired) electrons. The molecule has 0 aromatic carbocycles. The van der Waals surface area contributed by atoms with Gasteiger partial charge < -0.3 is 15.5 Å². The minimum absolute atomic E-state index is 0.549. The fourth-order valence-electron chi connectivity index (χ4n) is 2.59. The maximum absolute atomic E-state index is 5.88. The van der Waals surface area contributed by atoms with Crippen molar-refractivity contribution in [3.63, 3.8) is 0 Å². The Bertz CT molecular complexity index is 178. The highest BCUT2D eigenvalue weighted by atomic mass is 15.2. The second-order valence-corrected chi connectivity index (χ2v) is 5.22. The molecule has 1 fully saturated rings. The van der Waals surface area contributed by atoms with Crippen molar-refractivity contribution in [2.75, 3.05) is 39.8 Å². The smallest absolute Gasteiger partial charge is 0.0241 e. The Morgan fingerprint density at radius 3 is 2.44 bits per heavy atom. The van der Waals surface area contributed by atoms with Crippen LogP contribution in [0.3, 0.4) is 0 Å². The zero-order chi connectivity index (χ0) is 12.0. The first-order chi connectivity index (χ1) is 7.69. The summed E-state index contributed by atoms with van der Waals surface area (Å²) in [6, 6.07) is 0.549. The van der Waals surface area contributed by atoms with Gasteiger partial charge in [0.15, 0.2) is 0 Å². The topological polar surface area (TPSA) is 32.5 Å². The van der Waals surface area contributed by atoms with Crippen LogP contribution in [0, 0.1) is 5.92 Å². The Kier molecular flexibility index (Phi) is 6.32. The molecule has 96 valence electrons. The first-order valence-corrected chi connectivity index (χ1v) is 6.81. The second kappa shape index (κ2) is 7.25. The summed E-state index contributed by atoms with van der Waals surface area (Å²) in [6.45, 7) is 10.3. The van der Waals surface area contributed by atoms with Crippen LogP contribution in [0.2, 0.25) is 0 Å². The third-order valence-electron chi connectivity index (χ3n) is 4.08. The monoisotopic (exact) mass is 227 g/mol. The van der Waals surface area contributed by atoms with Crippen molar-refractivity contribution in [1.29, 1.82) is 0 Å². The van der Waals surface area contributed by atoms with Crippen LogP contribution in [0.25, 0.3) is 0 Å². The standard InChI is InChI=1S/C13H29N3/c1-4-12(2)13(11-14)15(3)9-10-16-7-5-6-8-16/h12-13H,4-11,14H2,1-3H3. The van der Waals surface area contributed by atoms with Crippen LogP contribution in [0.1, 0.15) is 33.1 Å². The Labute approximate surface area is 101 Å². The number of likely N-dealkylation sites (N-methyl/N-ethyl adjacent to an activating group) is 1. The summed E-state index contributed by atoms with van der Waals surface area (Å²) < 4.78 is 0. The Morgan fingerprint density at radius 2 is 1.94 bits per heavy atom. The van der Waals surface area contributed by atoms with Crippen LogP contribution in [-0.4, -0.2) is 55.6 Å². The number of likely N-dealkylation sites (tertiary alicyclic amines) is 1. The number of nitrogens with two attached hydrogens (primary N) is 1. The normalized spacial score (nSPS) is 21.6. The van der Waals surface area contributed by atoms with Gasteiger partial charge in [-0.05, 0) is 38.9 Å². The van der Waals surface area contributed by atoms with Crippen LogP contribution in [0.5, 0.6) is 0 Å². The number of nitrogens with zero attached hydrogens (tertiary/aromatic N) is 2. The number of rotatable bonds is 7. The quantitative estimate of drug-likeness (QED) is 0.713. The molecule has 1 aliphatic heterocycles. The zero-order valence-corrected chi connectivity index (χ0v) is 11.3. The molecule has 0 aromatic heterocycles. The number of hydrogen-bond donors (Lipinski definition) is 1. The lowest BCUT2D eigenvalue weighted by atomic mass is 9.98. The van der Waals surface area contributed by atoms with E-state index in [0.717, 1.165) is 13.1 Å². The number of hydrogen-bond acceptors (Lipinski definition) is 3. The van der Waals surface area contributed by atoms with E-state index in [9.17, 15) is 0 Å². The van der Waals surface area contributed by atoms with Crippen LogP contribution in [0.4, 0.5) is 0 Å². The molecule has 2 unspecified atom stereocenters. The fraction of sp³-hybridized carbons (Fsp3) is 1.00. The van der Waals surface area contributed by atoms with Crippen LogP contribution in [0.15, 0.2) is 0 Å². The maximum atomic E-state index is 5.88. The van der Waals surface area contributed by atoms with Crippen molar-refractivity contribution >= 4 is 0 Å². The van der Waals surface area contributed by atoms with E-state index in [1.54, 1.807) is 0 Å². The van der Waals surface area contributed by atoms with E-state index in [2.05, 4.69) is 30.7 Å². The highest BCUT2D eigenvalue weighted by molar-refractivity contribution is 4.76. The van der Waals surface area contributed by atoms with Gasteiger partial charge in [-0.15, -0.1) is 0 Å². The molecular weight excluding hydrogens is 198 g/mol. The summed E-state index contributed by atoms with van der Waals surface area (Å²) in [5, 5.41) is 0. The molecule has 0 saturated carbocycles. The van der Waals surface area contributed by atoms with E-state index in [-0.39, 0.29) is 0 Å². The van der Waals surface area contributed by atoms with Crippen LogP contribution >= 0.6 is 0 Å². The summed E-state index contributed by atoms with van der Waals surface area (Å²) in [5.41, 5.74) is 5.88. The van der Waals surface area contributed by atoms with Crippen LogP contribution < -0.4 is 5.73 Å². The molecule has 0 amide bonds. The Balaban J connectivity index is 2.27. The maximum Gasteiger partial charge on any atom is 0.0241 e. The van der Waals surface area contributed by atoms with E-state index >= 15 is 0 Å². The molecule has 0 aromatic rings. The molecule has 2 N–H and O–H groups in total. The molecule has 1 saturated heterocycles. The average molecular weight is 227 g/mol. The highest BCUT2D eigenvalue weighted by Crippen LogP contribution is 2.13. The van der Waals surface area contributed by atoms with E-state index in [1.165, 1.54) is 38.9 Å². The fourth-order valence-corrected chi connectivity index (χ4v) is 2.59. The Morgan fingerprint density at radius 1 is 1.31 bits per heavy atom. The van der Waals surface area contributed by atoms with Crippen molar-refractivity contribution in [2.24, 2.45) is 11.7 Å². The van der Waals surface area contributed by atoms with E-state index in [1.807, 2.05) is 0 Å². The van der Waals surface area contributed by atoms with Gasteiger partial charge in [0.05, 0.1) is 0 Å². The van der Waals surface area contributed by atoms with E-state index in [4.69, 9.17) is 5.73 Å². The van der Waals surface area contributed by atoms with Gasteiger partial charge in [-0.1, -0.05) is 20.3 Å². The minimum Gasteiger partial charge on any atom is -0.329 e. The molecule has 1 rings (SSSR count). The predicted octanol–water partition coefficient (Wildman–Crippen LogP) is 1.39. The minimum atomic E-state index is 0.549.